The van der Waals surface area contributed by atoms with Gasteiger partial charge in [0.15, 0.2) is 0 Å². The second-order valence-corrected chi connectivity index (χ2v) is 4.40. The van der Waals surface area contributed by atoms with Crippen LogP contribution in [-0.2, 0) is 4.79 Å². The number of benzene rings is 1. The van der Waals surface area contributed by atoms with Crippen molar-refractivity contribution in [3.8, 4) is 6.07 Å². The van der Waals surface area contributed by atoms with Gasteiger partial charge in [0.2, 0.25) is 5.91 Å². The van der Waals surface area contributed by atoms with Crippen molar-refractivity contribution in [1.29, 1.82) is 5.26 Å². The second-order valence-electron chi connectivity index (χ2n) is 2.63. The number of nitrogens with one attached hydrogen (secondary N) is 1. The number of hydrogen-bond acceptors (Lipinski definition) is 2. The average Bonchev–Trinajstić information content (AvgIpc) is 2.11. The summed E-state index contributed by atoms with van der Waals surface area (Å²) in [6.07, 6.45) is -0.304. The molecule has 1 rings (SSSR count). The minimum Gasteiger partial charge on any atom is -0.322 e. The van der Waals surface area contributed by atoms with Crippen molar-refractivity contribution in [2.24, 2.45) is 0 Å². The summed E-state index contributed by atoms with van der Waals surface area (Å²) in [5.74, 6) is -1.11. The molecule has 0 aliphatic carbocycles. The van der Waals surface area contributed by atoms with Crippen molar-refractivity contribution in [2.75, 3.05) is 5.32 Å². The first-order chi connectivity index (χ1) is 7.04. The molecular formula is C9H5Br2FN2O. The van der Waals surface area contributed by atoms with E-state index in [0.29, 0.717) is 8.95 Å². The van der Waals surface area contributed by atoms with Gasteiger partial charge in [-0.2, -0.15) is 5.26 Å². The van der Waals surface area contributed by atoms with E-state index >= 15 is 0 Å². The summed E-state index contributed by atoms with van der Waals surface area (Å²) in [5.41, 5.74) is 0.0402. The zero-order valence-electron chi connectivity index (χ0n) is 7.35. The molecule has 1 amide bonds. The van der Waals surface area contributed by atoms with Crippen LogP contribution in [0.1, 0.15) is 6.42 Å². The number of nitrogens with zero attached hydrogens (tertiary/aromatic N) is 1. The lowest BCUT2D eigenvalue weighted by molar-refractivity contribution is -0.115. The van der Waals surface area contributed by atoms with Gasteiger partial charge in [0.1, 0.15) is 12.2 Å². The Morgan fingerprint density at radius 2 is 2.20 bits per heavy atom. The summed E-state index contributed by atoms with van der Waals surface area (Å²) in [6.45, 7) is 0. The summed E-state index contributed by atoms with van der Waals surface area (Å²) in [5, 5.41) is 10.6. The van der Waals surface area contributed by atoms with Gasteiger partial charge in [0.05, 0.1) is 11.8 Å². The second kappa shape index (κ2) is 5.24. The van der Waals surface area contributed by atoms with E-state index in [-0.39, 0.29) is 12.1 Å². The van der Waals surface area contributed by atoms with E-state index in [0.717, 1.165) is 0 Å². The normalized spacial score (nSPS) is 9.47. The topological polar surface area (TPSA) is 52.9 Å². The van der Waals surface area contributed by atoms with E-state index in [1.54, 1.807) is 12.1 Å². The Hall–Kier alpha value is -0.930. The van der Waals surface area contributed by atoms with Gasteiger partial charge in [-0.25, -0.2) is 4.39 Å². The predicted octanol–water partition coefficient (Wildman–Crippen LogP) is 3.20. The van der Waals surface area contributed by atoms with Crippen LogP contribution in [0.15, 0.2) is 21.1 Å². The molecule has 0 aliphatic rings. The third-order valence-corrected chi connectivity index (χ3v) is 2.59. The molecule has 0 atom stereocenters. The maximum absolute atomic E-state index is 13.4. The molecule has 0 bridgehead atoms. The summed E-state index contributed by atoms with van der Waals surface area (Å²) in [6, 6.07) is 4.51. The third kappa shape index (κ3) is 3.29. The van der Waals surface area contributed by atoms with Gasteiger partial charge in [0.25, 0.3) is 0 Å². The van der Waals surface area contributed by atoms with E-state index in [2.05, 4.69) is 37.2 Å². The van der Waals surface area contributed by atoms with E-state index < -0.39 is 11.7 Å². The highest BCUT2D eigenvalue weighted by molar-refractivity contribution is 9.11. The summed E-state index contributed by atoms with van der Waals surface area (Å²) in [7, 11) is 0. The highest BCUT2D eigenvalue weighted by Gasteiger charge is 2.11. The fraction of sp³-hybridized carbons (Fsp3) is 0.111. The van der Waals surface area contributed by atoms with Crippen LogP contribution < -0.4 is 5.32 Å². The molecule has 15 heavy (non-hydrogen) atoms. The molecule has 1 N–H and O–H groups in total. The van der Waals surface area contributed by atoms with Crippen LogP contribution >= 0.6 is 31.9 Å². The van der Waals surface area contributed by atoms with E-state index in [1.807, 2.05) is 0 Å². The van der Waals surface area contributed by atoms with Crippen LogP contribution in [0.2, 0.25) is 0 Å². The van der Waals surface area contributed by atoms with Crippen molar-refractivity contribution < 1.29 is 9.18 Å². The molecule has 0 saturated carbocycles. The minimum atomic E-state index is -0.567. The molecule has 1 aromatic rings. The Balaban J connectivity index is 2.96. The van der Waals surface area contributed by atoms with Gasteiger partial charge < -0.3 is 5.32 Å². The Bertz CT molecular complexity index is 419. The molecule has 0 aromatic heterocycles. The smallest absolute Gasteiger partial charge is 0.238 e. The van der Waals surface area contributed by atoms with Gasteiger partial charge in [-0.05, 0) is 28.1 Å². The molecule has 0 radical (unpaired) electrons. The standard InChI is InChI=1S/C9H5Br2FN2O/c10-5-3-6(11)9(7(12)4-5)14-8(15)1-2-13/h3-4H,1H2,(H,14,15). The molecule has 1 aromatic carbocycles. The van der Waals surface area contributed by atoms with Gasteiger partial charge in [0, 0.05) is 8.95 Å². The van der Waals surface area contributed by atoms with Crippen LogP contribution in [0.25, 0.3) is 0 Å². The molecule has 0 saturated heterocycles. The van der Waals surface area contributed by atoms with E-state index in [4.69, 9.17) is 5.26 Å². The van der Waals surface area contributed by atoms with Gasteiger partial charge in [-0.1, -0.05) is 15.9 Å². The highest BCUT2D eigenvalue weighted by atomic mass is 79.9. The molecule has 3 nitrogen and oxygen atoms in total. The largest absolute Gasteiger partial charge is 0.322 e. The highest BCUT2D eigenvalue weighted by Crippen LogP contribution is 2.29. The van der Waals surface area contributed by atoms with Crippen molar-refractivity contribution in [3.63, 3.8) is 0 Å². The zero-order valence-corrected chi connectivity index (χ0v) is 10.5. The van der Waals surface area contributed by atoms with Gasteiger partial charge in [-0.15, -0.1) is 0 Å². The number of carbonyl (C=O) groups excluding carboxylic acids is 1. The summed E-state index contributed by atoms with van der Waals surface area (Å²) >= 11 is 6.22. The van der Waals surface area contributed by atoms with Crippen molar-refractivity contribution in [2.45, 2.75) is 6.42 Å². The number of nitriles is 1. The van der Waals surface area contributed by atoms with Crippen LogP contribution in [0.3, 0.4) is 0 Å². The average molecular weight is 336 g/mol. The van der Waals surface area contributed by atoms with Gasteiger partial charge >= 0.3 is 0 Å². The molecule has 6 heteroatoms. The van der Waals surface area contributed by atoms with Crippen molar-refractivity contribution in [3.05, 3.63) is 26.9 Å². The molecule has 78 valence electrons. The van der Waals surface area contributed by atoms with Crippen LogP contribution in [-0.4, -0.2) is 5.91 Å². The number of carbonyl (C=O) groups is 1. The molecule has 0 heterocycles. The summed E-state index contributed by atoms with van der Waals surface area (Å²) in [4.78, 5) is 11.1. The Labute approximate surface area is 103 Å². The first-order valence-corrected chi connectivity index (χ1v) is 5.44. The van der Waals surface area contributed by atoms with Crippen LogP contribution in [0, 0.1) is 17.1 Å². The first kappa shape index (κ1) is 12.1. The number of halogens is 3. The molecule has 0 unspecified atom stereocenters. The number of anilines is 1. The lowest BCUT2D eigenvalue weighted by Crippen LogP contribution is -2.12. The maximum Gasteiger partial charge on any atom is 0.238 e. The minimum absolute atomic E-state index is 0.0402. The summed E-state index contributed by atoms with van der Waals surface area (Å²) < 4.78 is 14.3. The molecule has 0 spiro atoms. The van der Waals surface area contributed by atoms with Crippen molar-refractivity contribution in [1.82, 2.24) is 0 Å². The van der Waals surface area contributed by atoms with Crippen LogP contribution in [0.4, 0.5) is 10.1 Å². The number of rotatable bonds is 2. The Morgan fingerprint density at radius 1 is 1.53 bits per heavy atom. The fourth-order valence-electron chi connectivity index (χ4n) is 0.917. The Morgan fingerprint density at radius 3 is 2.73 bits per heavy atom. The molecular weight excluding hydrogens is 331 g/mol. The van der Waals surface area contributed by atoms with Crippen LogP contribution in [0.5, 0.6) is 0 Å². The predicted molar refractivity (Wildman–Crippen MR) is 60.7 cm³/mol. The zero-order chi connectivity index (χ0) is 11.4. The van der Waals surface area contributed by atoms with Crippen molar-refractivity contribution >= 4 is 43.5 Å². The monoisotopic (exact) mass is 334 g/mol. The van der Waals surface area contributed by atoms with E-state index in [9.17, 15) is 9.18 Å². The Kier molecular flexibility index (Phi) is 4.24. The maximum atomic E-state index is 13.4. The quantitative estimate of drug-likeness (QED) is 0.902. The lowest BCUT2D eigenvalue weighted by Gasteiger charge is -2.07. The first-order valence-electron chi connectivity index (χ1n) is 3.86. The van der Waals surface area contributed by atoms with Gasteiger partial charge in [-0.3, -0.25) is 4.79 Å². The SMILES string of the molecule is N#CCC(=O)Nc1c(F)cc(Br)cc1Br. The van der Waals surface area contributed by atoms with E-state index in [1.165, 1.54) is 6.07 Å². The molecule has 0 aliphatic heterocycles. The number of amides is 1. The fourth-order valence-corrected chi connectivity index (χ4v) is 2.19. The molecule has 0 fully saturated rings. The lowest BCUT2D eigenvalue weighted by atomic mass is 10.3. The number of hydrogen-bond donors (Lipinski definition) is 1. The third-order valence-electron chi connectivity index (χ3n) is 1.51.